The van der Waals surface area contributed by atoms with Gasteiger partial charge in [0.1, 0.15) is 5.82 Å². The van der Waals surface area contributed by atoms with Crippen molar-refractivity contribution in [2.75, 3.05) is 5.32 Å². The number of benzene rings is 2. The lowest BCUT2D eigenvalue weighted by molar-refractivity contribution is -0.119. The van der Waals surface area contributed by atoms with Gasteiger partial charge in [-0.25, -0.2) is 4.98 Å². The minimum absolute atomic E-state index is 0.0363. The summed E-state index contributed by atoms with van der Waals surface area (Å²) in [6.45, 7) is 3.90. The van der Waals surface area contributed by atoms with Gasteiger partial charge in [0.05, 0.1) is 16.4 Å². The van der Waals surface area contributed by atoms with Crippen LogP contribution < -0.4 is 5.32 Å². The Morgan fingerprint density at radius 3 is 2.84 bits per heavy atom. The van der Waals surface area contributed by atoms with E-state index in [0.717, 1.165) is 40.0 Å². The molecular weight excluding hydrogens is 312 g/mol. The topological polar surface area (TPSA) is 73.6 Å². The van der Waals surface area contributed by atoms with Gasteiger partial charge in [0.25, 0.3) is 0 Å². The molecule has 2 aromatic carbocycles. The largest absolute Gasteiger partial charge is 0.361 e. The zero-order valence-corrected chi connectivity index (χ0v) is 14.1. The van der Waals surface area contributed by atoms with Crippen LogP contribution in [0.25, 0.3) is 21.9 Å². The third kappa shape index (κ3) is 2.02. The summed E-state index contributed by atoms with van der Waals surface area (Å²) in [5, 5.41) is 4.18. The first kappa shape index (κ1) is 14.3. The highest BCUT2D eigenvalue weighted by atomic mass is 16.2. The Bertz CT molecular complexity index is 1150. The van der Waals surface area contributed by atoms with Crippen LogP contribution in [0.2, 0.25) is 0 Å². The van der Waals surface area contributed by atoms with E-state index in [1.807, 2.05) is 44.3 Å². The second kappa shape index (κ2) is 4.72. The van der Waals surface area contributed by atoms with E-state index in [0.29, 0.717) is 0 Å². The van der Waals surface area contributed by atoms with E-state index in [2.05, 4.69) is 27.4 Å². The number of aromatic amines is 2. The van der Waals surface area contributed by atoms with Crippen LogP contribution in [0.1, 0.15) is 30.8 Å². The molecule has 1 aliphatic rings. The predicted octanol–water partition coefficient (Wildman–Crippen LogP) is 3.86. The Morgan fingerprint density at radius 2 is 1.96 bits per heavy atom. The molecule has 25 heavy (non-hydrogen) atoms. The summed E-state index contributed by atoms with van der Waals surface area (Å²) < 4.78 is 0. The number of nitrogens with zero attached hydrogens (tertiary/aromatic N) is 1. The third-order valence-electron chi connectivity index (χ3n) is 5.19. The van der Waals surface area contributed by atoms with E-state index < -0.39 is 5.41 Å². The van der Waals surface area contributed by atoms with Crippen LogP contribution in [0.3, 0.4) is 0 Å². The van der Waals surface area contributed by atoms with E-state index in [1.54, 1.807) is 0 Å². The SMILES string of the molecule is CC1(C)C(=O)Nc2cc3nc(Cc4c[nH]c5ccccc45)[nH]c3cc21. The molecule has 1 amide bonds. The fourth-order valence-electron chi connectivity index (χ4n) is 3.67. The van der Waals surface area contributed by atoms with Crippen molar-refractivity contribution in [2.24, 2.45) is 0 Å². The molecule has 0 radical (unpaired) electrons. The van der Waals surface area contributed by atoms with E-state index in [9.17, 15) is 4.79 Å². The molecule has 3 N–H and O–H groups in total. The molecule has 0 saturated carbocycles. The molecule has 0 unspecified atom stereocenters. The Kier molecular flexibility index (Phi) is 2.70. The van der Waals surface area contributed by atoms with Crippen molar-refractivity contribution < 1.29 is 4.79 Å². The summed E-state index contributed by atoms with van der Waals surface area (Å²) in [7, 11) is 0. The predicted molar refractivity (Wildman–Crippen MR) is 98.9 cm³/mol. The highest BCUT2D eigenvalue weighted by Gasteiger charge is 2.38. The maximum Gasteiger partial charge on any atom is 0.234 e. The lowest BCUT2D eigenvalue weighted by atomic mass is 9.86. The minimum Gasteiger partial charge on any atom is -0.361 e. The zero-order valence-electron chi connectivity index (χ0n) is 14.1. The zero-order chi connectivity index (χ0) is 17.2. The summed E-state index contributed by atoms with van der Waals surface area (Å²) >= 11 is 0. The minimum atomic E-state index is -0.508. The molecule has 0 atom stereocenters. The van der Waals surface area contributed by atoms with E-state index in [1.165, 1.54) is 10.9 Å². The number of carbonyl (C=O) groups excluding carboxylic acids is 1. The van der Waals surface area contributed by atoms with Gasteiger partial charge < -0.3 is 15.3 Å². The highest BCUT2D eigenvalue weighted by Crippen LogP contribution is 2.39. The molecule has 2 aromatic heterocycles. The van der Waals surface area contributed by atoms with Crippen LogP contribution in [0.15, 0.2) is 42.6 Å². The van der Waals surface area contributed by atoms with Gasteiger partial charge >= 0.3 is 0 Å². The van der Waals surface area contributed by atoms with Crippen molar-refractivity contribution >= 4 is 33.5 Å². The van der Waals surface area contributed by atoms with E-state index >= 15 is 0 Å². The number of carbonyl (C=O) groups is 1. The van der Waals surface area contributed by atoms with E-state index in [-0.39, 0.29) is 5.91 Å². The average Bonchev–Trinajstić information content (AvgIpc) is 3.23. The summed E-state index contributed by atoms with van der Waals surface area (Å²) in [5.41, 5.74) is 5.59. The molecule has 5 nitrogen and oxygen atoms in total. The number of hydrogen-bond donors (Lipinski definition) is 3. The first-order chi connectivity index (χ1) is 12.0. The Labute approximate surface area is 144 Å². The molecule has 0 aliphatic carbocycles. The summed E-state index contributed by atoms with van der Waals surface area (Å²) in [4.78, 5) is 23.6. The van der Waals surface area contributed by atoms with Gasteiger partial charge in [0.15, 0.2) is 0 Å². The standard InChI is InChI=1S/C20H18N4O/c1-20(2)13-8-16-17(9-15(13)24-19(20)25)23-18(22-16)7-11-10-21-14-6-4-3-5-12(11)14/h3-6,8-10,21H,7H2,1-2H3,(H,22,23)(H,24,25). The molecule has 124 valence electrons. The van der Waals surface area contributed by atoms with Gasteiger partial charge in [-0.05, 0) is 43.2 Å². The monoisotopic (exact) mass is 330 g/mol. The number of rotatable bonds is 2. The lowest BCUT2D eigenvalue weighted by Gasteiger charge is -2.14. The van der Waals surface area contributed by atoms with Gasteiger partial charge in [0, 0.05) is 29.2 Å². The number of hydrogen-bond acceptors (Lipinski definition) is 2. The highest BCUT2D eigenvalue weighted by molar-refractivity contribution is 6.07. The second-order valence-electron chi connectivity index (χ2n) is 7.21. The quantitative estimate of drug-likeness (QED) is 0.522. The molecule has 5 rings (SSSR count). The number of amides is 1. The molecule has 0 spiro atoms. The van der Waals surface area contributed by atoms with Crippen LogP contribution in [0.5, 0.6) is 0 Å². The molecular formula is C20H18N4O. The molecule has 0 fully saturated rings. The number of para-hydroxylation sites is 1. The fraction of sp³-hybridized carbons (Fsp3) is 0.200. The molecule has 5 heteroatoms. The second-order valence-corrected chi connectivity index (χ2v) is 7.21. The lowest BCUT2D eigenvalue weighted by Crippen LogP contribution is -2.26. The summed E-state index contributed by atoms with van der Waals surface area (Å²) in [5.74, 6) is 0.960. The number of aromatic nitrogens is 3. The number of anilines is 1. The molecule has 1 aliphatic heterocycles. The average molecular weight is 330 g/mol. The first-order valence-electron chi connectivity index (χ1n) is 8.42. The fourth-order valence-corrected chi connectivity index (χ4v) is 3.67. The van der Waals surface area contributed by atoms with Crippen LogP contribution in [0.4, 0.5) is 5.69 Å². The van der Waals surface area contributed by atoms with Crippen LogP contribution in [-0.4, -0.2) is 20.9 Å². The maximum atomic E-state index is 12.1. The Hall–Kier alpha value is -3.08. The first-order valence-corrected chi connectivity index (χ1v) is 8.42. The van der Waals surface area contributed by atoms with Crippen molar-refractivity contribution in [3.8, 4) is 0 Å². The van der Waals surface area contributed by atoms with Gasteiger partial charge in [-0.2, -0.15) is 0 Å². The Balaban J connectivity index is 1.57. The number of imidazole rings is 1. The number of H-pyrrole nitrogens is 2. The molecule has 4 aromatic rings. The van der Waals surface area contributed by atoms with Crippen molar-refractivity contribution in [1.29, 1.82) is 0 Å². The Morgan fingerprint density at radius 1 is 1.12 bits per heavy atom. The van der Waals surface area contributed by atoms with E-state index in [4.69, 9.17) is 4.98 Å². The normalized spacial score (nSPS) is 15.7. The maximum absolute atomic E-state index is 12.1. The molecule has 3 heterocycles. The van der Waals surface area contributed by atoms with Crippen LogP contribution in [0, 0.1) is 0 Å². The summed E-state index contributed by atoms with van der Waals surface area (Å²) in [6.07, 6.45) is 2.78. The number of nitrogens with one attached hydrogen (secondary N) is 3. The van der Waals surface area contributed by atoms with Gasteiger partial charge in [-0.1, -0.05) is 18.2 Å². The summed E-state index contributed by atoms with van der Waals surface area (Å²) in [6, 6.07) is 12.3. The number of fused-ring (bicyclic) bond motifs is 3. The van der Waals surface area contributed by atoms with Gasteiger partial charge in [-0.15, -0.1) is 0 Å². The van der Waals surface area contributed by atoms with Crippen molar-refractivity contribution in [1.82, 2.24) is 15.0 Å². The third-order valence-corrected chi connectivity index (χ3v) is 5.19. The van der Waals surface area contributed by atoms with Crippen molar-refractivity contribution in [3.05, 3.63) is 59.5 Å². The van der Waals surface area contributed by atoms with Crippen LogP contribution >= 0.6 is 0 Å². The van der Waals surface area contributed by atoms with Crippen LogP contribution in [-0.2, 0) is 16.6 Å². The van der Waals surface area contributed by atoms with Crippen molar-refractivity contribution in [2.45, 2.75) is 25.7 Å². The molecule has 0 saturated heterocycles. The van der Waals surface area contributed by atoms with Gasteiger partial charge in [-0.3, -0.25) is 4.79 Å². The molecule has 0 bridgehead atoms. The van der Waals surface area contributed by atoms with Gasteiger partial charge in [0.2, 0.25) is 5.91 Å². The smallest absolute Gasteiger partial charge is 0.234 e. The van der Waals surface area contributed by atoms with Crippen molar-refractivity contribution in [3.63, 3.8) is 0 Å².